The zero-order valence-corrected chi connectivity index (χ0v) is 18.7. The van der Waals surface area contributed by atoms with E-state index in [1.165, 1.54) is 16.9 Å². The molecule has 0 saturated heterocycles. The van der Waals surface area contributed by atoms with Gasteiger partial charge in [0.15, 0.2) is 5.13 Å². The fourth-order valence-corrected chi connectivity index (χ4v) is 3.91. The predicted molar refractivity (Wildman–Crippen MR) is 123 cm³/mol. The molecule has 0 fully saturated rings. The van der Waals surface area contributed by atoms with E-state index >= 15 is 0 Å². The number of hydrogen-bond donors (Lipinski definition) is 2. The number of nitrogens with one attached hydrogen (secondary N) is 2. The Hall–Kier alpha value is -3.06. The van der Waals surface area contributed by atoms with Gasteiger partial charge in [0, 0.05) is 42.5 Å². The predicted octanol–water partition coefficient (Wildman–Crippen LogP) is 4.85. The van der Waals surface area contributed by atoms with Crippen LogP contribution in [0, 0.1) is 0 Å². The molecular weight excluding hydrogens is 396 g/mol. The Morgan fingerprint density at radius 2 is 2.17 bits per heavy atom. The van der Waals surface area contributed by atoms with Crippen molar-refractivity contribution < 1.29 is 9.53 Å². The minimum Gasteiger partial charge on any atom is -0.490 e. The van der Waals surface area contributed by atoms with Crippen LogP contribution in [0.15, 0.2) is 54.3 Å². The van der Waals surface area contributed by atoms with Crippen molar-refractivity contribution in [3.05, 3.63) is 65.4 Å². The number of benzene rings is 1. The third-order valence-corrected chi connectivity index (χ3v) is 5.30. The number of rotatable bonds is 6. The van der Waals surface area contributed by atoms with Gasteiger partial charge in [-0.3, -0.25) is 4.79 Å². The molecule has 2 N–H and O–H groups in total. The summed E-state index contributed by atoms with van der Waals surface area (Å²) in [5.41, 5.74) is 4.46. The van der Waals surface area contributed by atoms with Crippen molar-refractivity contribution in [2.24, 2.45) is 7.05 Å². The van der Waals surface area contributed by atoms with Crippen LogP contribution in [0.2, 0.25) is 0 Å². The van der Waals surface area contributed by atoms with Gasteiger partial charge in [-0.1, -0.05) is 32.6 Å². The van der Waals surface area contributed by atoms with Crippen LogP contribution in [0.5, 0.6) is 5.75 Å². The minimum atomic E-state index is -0.129. The van der Waals surface area contributed by atoms with Gasteiger partial charge in [-0.2, -0.15) is 0 Å². The molecule has 1 aliphatic heterocycles. The number of hydrogen-bond acceptors (Lipinski definition) is 5. The van der Waals surface area contributed by atoms with E-state index in [2.05, 4.69) is 41.3 Å². The first-order valence-corrected chi connectivity index (χ1v) is 11.0. The molecule has 7 heteroatoms. The van der Waals surface area contributed by atoms with Crippen molar-refractivity contribution in [1.29, 1.82) is 0 Å². The first-order valence-electron chi connectivity index (χ1n) is 10.1. The Bertz CT molecular complexity index is 1040. The van der Waals surface area contributed by atoms with E-state index in [0.29, 0.717) is 17.8 Å². The van der Waals surface area contributed by atoms with Crippen molar-refractivity contribution in [1.82, 2.24) is 14.9 Å². The monoisotopic (exact) mass is 424 g/mol. The molecule has 0 spiro atoms. The van der Waals surface area contributed by atoms with Crippen LogP contribution in [-0.2, 0) is 13.5 Å². The molecule has 0 radical (unpaired) electrons. The first kappa shape index (κ1) is 21.6. The van der Waals surface area contributed by atoms with Gasteiger partial charge in [0.05, 0.1) is 17.8 Å². The van der Waals surface area contributed by atoms with Gasteiger partial charge < -0.3 is 19.9 Å². The third kappa shape index (κ3) is 5.10. The summed E-state index contributed by atoms with van der Waals surface area (Å²) in [4.78, 5) is 16.7. The average Bonchev–Trinajstić information content (AvgIpc) is 3.46. The zero-order chi connectivity index (χ0) is 21.7. The number of carbonyl (C=O) groups is 1. The quantitative estimate of drug-likeness (QED) is 0.593. The minimum absolute atomic E-state index is 0.129. The summed E-state index contributed by atoms with van der Waals surface area (Å²) < 4.78 is 7.67. The maximum absolute atomic E-state index is 12.1. The van der Waals surface area contributed by atoms with E-state index < -0.39 is 0 Å². The van der Waals surface area contributed by atoms with Gasteiger partial charge in [0.1, 0.15) is 11.9 Å². The standard InChI is InChI=1S/C21H22N4O2S.C2H6/c1-13(10-22-20(26)17-6-7-25(3)11-17)23-21-24-18(12-28-21)15-4-5-16-8-14(2)27-19(16)9-15;1-2/h4-7,9,11-12,14H,1,8,10H2,2-3H3,(H,22,26)(H,23,24);1-2H3. The molecule has 30 heavy (non-hydrogen) atoms. The maximum Gasteiger partial charge on any atom is 0.253 e. The van der Waals surface area contributed by atoms with Crippen molar-refractivity contribution in [3.8, 4) is 17.0 Å². The molecule has 1 unspecified atom stereocenters. The van der Waals surface area contributed by atoms with Crippen LogP contribution in [-0.4, -0.2) is 28.1 Å². The van der Waals surface area contributed by atoms with Gasteiger partial charge in [0.2, 0.25) is 0 Å². The van der Waals surface area contributed by atoms with Gasteiger partial charge in [0.25, 0.3) is 5.91 Å². The molecule has 3 aromatic rings. The average molecular weight is 425 g/mol. The van der Waals surface area contributed by atoms with Gasteiger partial charge in [-0.15, -0.1) is 11.3 Å². The Morgan fingerprint density at radius 1 is 1.37 bits per heavy atom. The van der Waals surface area contributed by atoms with E-state index in [0.717, 1.165) is 28.6 Å². The molecule has 2 aromatic heterocycles. The second-order valence-electron chi connectivity index (χ2n) is 6.97. The largest absolute Gasteiger partial charge is 0.490 e. The van der Waals surface area contributed by atoms with Crippen molar-refractivity contribution >= 4 is 22.4 Å². The second kappa shape index (κ2) is 9.63. The number of nitrogens with zero attached hydrogens (tertiary/aromatic N) is 2. The van der Waals surface area contributed by atoms with Crippen LogP contribution in [0.4, 0.5) is 5.13 Å². The molecule has 3 heterocycles. The van der Waals surface area contributed by atoms with Gasteiger partial charge >= 0.3 is 0 Å². The first-order chi connectivity index (χ1) is 14.5. The number of anilines is 1. The summed E-state index contributed by atoms with van der Waals surface area (Å²) in [5.74, 6) is 0.816. The van der Waals surface area contributed by atoms with Crippen LogP contribution in [0.25, 0.3) is 11.3 Å². The highest BCUT2D eigenvalue weighted by Crippen LogP contribution is 2.34. The van der Waals surface area contributed by atoms with Crippen LogP contribution >= 0.6 is 11.3 Å². The lowest BCUT2D eigenvalue weighted by Crippen LogP contribution is -2.27. The number of aromatic nitrogens is 2. The summed E-state index contributed by atoms with van der Waals surface area (Å²) in [6.07, 6.45) is 4.80. The normalized spacial score (nSPS) is 14.2. The second-order valence-corrected chi connectivity index (χ2v) is 7.83. The maximum atomic E-state index is 12.1. The van der Waals surface area contributed by atoms with E-state index in [1.54, 1.807) is 12.3 Å². The third-order valence-electron chi connectivity index (χ3n) is 4.54. The fraction of sp³-hybridized carbons (Fsp3) is 0.304. The van der Waals surface area contributed by atoms with Crippen LogP contribution in [0.3, 0.4) is 0 Å². The lowest BCUT2D eigenvalue weighted by molar-refractivity contribution is 0.0957. The van der Waals surface area contributed by atoms with Gasteiger partial charge in [-0.05, 0) is 24.6 Å². The molecular formula is C23H28N4O2S. The lowest BCUT2D eigenvalue weighted by Gasteiger charge is -2.08. The fourth-order valence-electron chi connectivity index (χ4n) is 3.15. The molecule has 1 atom stereocenters. The number of ether oxygens (including phenoxy) is 1. The molecule has 4 rings (SSSR count). The summed E-state index contributed by atoms with van der Waals surface area (Å²) in [6, 6.07) is 8.01. The number of fused-ring (bicyclic) bond motifs is 1. The van der Waals surface area contributed by atoms with Gasteiger partial charge in [-0.25, -0.2) is 4.98 Å². The smallest absolute Gasteiger partial charge is 0.253 e. The van der Waals surface area contributed by atoms with Crippen LogP contribution in [0.1, 0.15) is 36.7 Å². The lowest BCUT2D eigenvalue weighted by atomic mass is 10.1. The molecule has 0 saturated carbocycles. The molecule has 158 valence electrons. The number of carbonyl (C=O) groups excluding carboxylic acids is 1. The molecule has 0 aliphatic carbocycles. The van der Waals surface area contributed by atoms with Crippen molar-refractivity contribution in [3.63, 3.8) is 0 Å². The van der Waals surface area contributed by atoms with Crippen molar-refractivity contribution in [2.45, 2.75) is 33.3 Å². The van der Waals surface area contributed by atoms with Crippen molar-refractivity contribution in [2.75, 3.05) is 11.9 Å². The van der Waals surface area contributed by atoms with Crippen LogP contribution < -0.4 is 15.4 Å². The van der Waals surface area contributed by atoms with E-state index in [9.17, 15) is 4.79 Å². The molecule has 1 aromatic carbocycles. The Morgan fingerprint density at radius 3 is 2.90 bits per heavy atom. The molecule has 1 amide bonds. The zero-order valence-electron chi connectivity index (χ0n) is 17.9. The Balaban J connectivity index is 0.00000124. The summed E-state index contributed by atoms with van der Waals surface area (Å²) in [7, 11) is 1.88. The Kier molecular flexibility index (Phi) is 6.95. The SMILES string of the molecule is C=C(CNC(=O)c1ccn(C)c1)Nc1nc(-c2ccc3c(c2)OC(C)C3)cs1.CC. The van der Waals surface area contributed by atoms with E-state index in [4.69, 9.17) is 4.74 Å². The highest BCUT2D eigenvalue weighted by atomic mass is 32.1. The highest BCUT2D eigenvalue weighted by molar-refractivity contribution is 7.14. The highest BCUT2D eigenvalue weighted by Gasteiger charge is 2.19. The molecule has 0 bridgehead atoms. The molecule has 1 aliphatic rings. The number of amides is 1. The number of aryl methyl sites for hydroxylation is 1. The van der Waals surface area contributed by atoms with E-state index in [-0.39, 0.29) is 12.0 Å². The number of thiazole rings is 1. The summed E-state index contributed by atoms with van der Waals surface area (Å²) in [5, 5.41) is 8.75. The van der Waals surface area contributed by atoms with E-state index in [1.807, 2.05) is 43.1 Å². The topological polar surface area (TPSA) is 68.2 Å². The molecule has 6 nitrogen and oxygen atoms in total. The summed E-state index contributed by atoms with van der Waals surface area (Å²) in [6.45, 7) is 10.4. The Labute approximate surface area is 181 Å². The summed E-state index contributed by atoms with van der Waals surface area (Å²) >= 11 is 1.50.